The van der Waals surface area contributed by atoms with E-state index in [2.05, 4.69) is 11.9 Å². The predicted octanol–water partition coefficient (Wildman–Crippen LogP) is 4.64. The minimum Gasteiger partial charge on any atom is -0.489 e. The molecule has 0 fully saturated rings. The van der Waals surface area contributed by atoms with Gasteiger partial charge in [-0.1, -0.05) is 18.2 Å². The SMILES string of the molecule is C=C(C)C(=O)OCCOc1c(I)cc(Cl)cc1C(Nc1ccc(C#N)cc1)C(=O)OC. The second-order valence-corrected chi connectivity index (χ2v) is 7.96. The summed E-state index contributed by atoms with van der Waals surface area (Å²) in [5.41, 5.74) is 1.84. The second kappa shape index (κ2) is 11.6. The van der Waals surface area contributed by atoms with Crippen LogP contribution in [-0.2, 0) is 19.1 Å². The van der Waals surface area contributed by atoms with Gasteiger partial charge in [0.15, 0.2) is 6.04 Å². The van der Waals surface area contributed by atoms with Gasteiger partial charge in [0, 0.05) is 21.8 Å². The highest BCUT2D eigenvalue weighted by Crippen LogP contribution is 2.36. The molecule has 0 saturated carbocycles. The largest absolute Gasteiger partial charge is 0.489 e. The Labute approximate surface area is 199 Å². The molecule has 0 radical (unpaired) electrons. The number of hydrogen-bond donors (Lipinski definition) is 1. The zero-order valence-corrected chi connectivity index (χ0v) is 19.8. The minimum atomic E-state index is -0.932. The summed E-state index contributed by atoms with van der Waals surface area (Å²) in [4.78, 5) is 24.1. The van der Waals surface area contributed by atoms with Crippen molar-refractivity contribution >= 4 is 51.8 Å². The Bertz CT molecular complexity index is 1020. The van der Waals surface area contributed by atoms with E-state index in [1.807, 2.05) is 28.7 Å². The molecule has 0 saturated heterocycles. The van der Waals surface area contributed by atoms with Crippen molar-refractivity contribution in [2.24, 2.45) is 0 Å². The van der Waals surface area contributed by atoms with E-state index in [9.17, 15) is 9.59 Å². The highest BCUT2D eigenvalue weighted by molar-refractivity contribution is 14.1. The number of halogens is 2. The van der Waals surface area contributed by atoms with E-state index in [-0.39, 0.29) is 13.2 Å². The molecule has 0 spiro atoms. The Hall–Kier alpha value is -2.77. The number of nitrogens with zero attached hydrogens (tertiary/aromatic N) is 1. The van der Waals surface area contributed by atoms with Gasteiger partial charge in [-0.05, 0) is 65.9 Å². The highest BCUT2D eigenvalue weighted by atomic mass is 127. The topological polar surface area (TPSA) is 97.6 Å². The molecule has 0 amide bonds. The molecule has 162 valence electrons. The van der Waals surface area contributed by atoms with Gasteiger partial charge >= 0.3 is 11.9 Å². The van der Waals surface area contributed by atoms with Crippen molar-refractivity contribution in [3.8, 4) is 11.8 Å². The second-order valence-electron chi connectivity index (χ2n) is 6.36. The fourth-order valence-electron chi connectivity index (χ4n) is 2.54. The standard InChI is InChI=1S/C22H20ClIN2O5/c1-13(2)21(27)31-9-8-30-20-17(10-15(23)11-18(20)24)19(22(28)29-3)26-16-6-4-14(12-25)5-7-16/h4-7,10-11,19,26H,1,8-9H2,2-3H3. The molecule has 1 unspecified atom stereocenters. The third-order valence-corrected chi connectivity index (χ3v) is 5.04. The molecule has 0 heterocycles. The first-order chi connectivity index (χ1) is 14.8. The molecule has 0 aliphatic carbocycles. The fourth-order valence-corrected chi connectivity index (χ4v) is 3.75. The number of carbonyl (C=O) groups is 2. The molecule has 1 atom stereocenters. The third-order valence-electron chi connectivity index (χ3n) is 4.02. The summed E-state index contributed by atoms with van der Waals surface area (Å²) in [5.74, 6) is -0.654. The first-order valence-electron chi connectivity index (χ1n) is 9.05. The number of esters is 2. The molecule has 2 rings (SSSR count). The number of ether oxygens (including phenoxy) is 3. The van der Waals surface area contributed by atoms with E-state index in [1.165, 1.54) is 7.11 Å². The number of hydrogen-bond acceptors (Lipinski definition) is 7. The molecular formula is C22H20ClIN2O5. The smallest absolute Gasteiger partial charge is 0.333 e. The van der Waals surface area contributed by atoms with Crippen LogP contribution in [0.2, 0.25) is 5.02 Å². The number of benzene rings is 2. The number of carbonyl (C=O) groups excluding carboxylic acids is 2. The summed E-state index contributed by atoms with van der Waals surface area (Å²) in [6, 6.07) is 11.0. The lowest BCUT2D eigenvalue weighted by atomic mass is 10.0. The first kappa shape index (κ1) is 24.5. The number of rotatable bonds is 9. The molecule has 1 N–H and O–H groups in total. The van der Waals surface area contributed by atoms with Crippen LogP contribution in [0.4, 0.5) is 5.69 Å². The number of anilines is 1. The molecule has 2 aromatic carbocycles. The minimum absolute atomic E-state index is 0.00970. The Morgan fingerprint density at radius 1 is 1.26 bits per heavy atom. The number of nitriles is 1. The van der Waals surface area contributed by atoms with E-state index in [1.54, 1.807) is 43.3 Å². The molecule has 31 heavy (non-hydrogen) atoms. The van der Waals surface area contributed by atoms with Crippen LogP contribution in [0.25, 0.3) is 0 Å². The van der Waals surface area contributed by atoms with Crippen molar-refractivity contribution in [1.29, 1.82) is 5.26 Å². The molecule has 0 bridgehead atoms. The lowest BCUT2D eigenvalue weighted by molar-refractivity contribution is -0.141. The van der Waals surface area contributed by atoms with Crippen LogP contribution in [-0.4, -0.2) is 32.3 Å². The molecule has 0 aliphatic rings. The molecule has 0 aromatic heterocycles. The summed E-state index contributed by atoms with van der Waals surface area (Å²) in [7, 11) is 1.28. The van der Waals surface area contributed by atoms with Gasteiger partial charge in [-0.25, -0.2) is 9.59 Å². The Morgan fingerprint density at radius 2 is 1.94 bits per heavy atom. The average molecular weight is 555 g/mol. The molecule has 2 aromatic rings. The zero-order chi connectivity index (χ0) is 23.0. The van der Waals surface area contributed by atoms with E-state index in [0.29, 0.717) is 36.7 Å². The Morgan fingerprint density at radius 3 is 2.52 bits per heavy atom. The lowest BCUT2D eigenvalue weighted by Gasteiger charge is -2.22. The average Bonchev–Trinajstić information content (AvgIpc) is 2.75. The maximum Gasteiger partial charge on any atom is 0.333 e. The van der Waals surface area contributed by atoms with Gasteiger partial charge in [-0.15, -0.1) is 0 Å². The monoisotopic (exact) mass is 554 g/mol. The van der Waals surface area contributed by atoms with E-state index in [0.717, 1.165) is 0 Å². The van der Waals surface area contributed by atoms with E-state index in [4.69, 9.17) is 31.1 Å². The van der Waals surface area contributed by atoms with Crippen molar-refractivity contribution in [1.82, 2.24) is 0 Å². The number of methoxy groups -OCH3 is 1. The van der Waals surface area contributed by atoms with Crippen molar-refractivity contribution in [3.05, 3.63) is 68.3 Å². The van der Waals surface area contributed by atoms with Crippen LogP contribution in [0, 0.1) is 14.9 Å². The summed E-state index contributed by atoms with van der Waals surface area (Å²) >= 11 is 8.29. The third kappa shape index (κ3) is 6.87. The van der Waals surface area contributed by atoms with Crippen molar-refractivity contribution in [2.75, 3.05) is 25.6 Å². The maximum absolute atomic E-state index is 12.6. The van der Waals surface area contributed by atoms with E-state index < -0.39 is 18.0 Å². The summed E-state index contributed by atoms with van der Waals surface area (Å²) in [5, 5.41) is 12.5. The fraction of sp³-hybridized carbons (Fsp3) is 0.227. The summed E-state index contributed by atoms with van der Waals surface area (Å²) in [6.45, 7) is 5.15. The van der Waals surface area contributed by atoms with Crippen LogP contribution in [0.3, 0.4) is 0 Å². The van der Waals surface area contributed by atoms with Crippen LogP contribution < -0.4 is 10.1 Å². The quantitative estimate of drug-likeness (QED) is 0.209. The van der Waals surface area contributed by atoms with Gasteiger partial charge in [0.1, 0.15) is 19.0 Å². The summed E-state index contributed by atoms with van der Waals surface area (Å²) < 4.78 is 16.5. The van der Waals surface area contributed by atoms with Crippen molar-refractivity contribution < 1.29 is 23.8 Å². The van der Waals surface area contributed by atoms with Gasteiger partial charge in [0.2, 0.25) is 0 Å². The van der Waals surface area contributed by atoms with Crippen LogP contribution in [0.5, 0.6) is 5.75 Å². The van der Waals surface area contributed by atoms with Gasteiger partial charge in [-0.3, -0.25) is 0 Å². The predicted molar refractivity (Wildman–Crippen MR) is 125 cm³/mol. The zero-order valence-electron chi connectivity index (χ0n) is 16.9. The maximum atomic E-state index is 12.6. The van der Waals surface area contributed by atoms with Crippen LogP contribution in [0.1, 0.15) is 24.1 Å². The summed E-state index contributed by atoms with van der Waals surface area (Å²) in [6.07, 6.45) is 0. The Kier molecular flexibility index (Phi) is 9.15. The van der Waals surface area contributed by atoms with Crippen LogP contribution >= 0.6 is 34.2 Å². The molecular weight excluding hydrogens is 535 g/mol. The number of nitrogens with one attached hydrogen (secondary N) is 1. The van der Waals surface area contributed by atoms with Gasteiger partial charge in [-0.2, -0.15) is 5.26 Å². The lowest BCUT2D eigenvalue weighted by Crippen LogP contribution is -2.24. The van der Waals surface area contributed by atoms with Gasteiger partial charge in [0.25, 0.3) is 0 Å². The molecule has 7 nitrogen and oxygen atoms in total. The van der Waals surface area contributed by atoms with Crippen molar-refractivity contribution in [3.63, 3.8) is 0 Å². The highest BCUT2D eigenvalue weighted by Gasteiger charge is 2.27. The van der Waals surface area contributed by atoms with Gasteiger partial charge < -0.3 is 19.5 Å². The Balaban J connectivity index is 2.31. The van der Waals surface area contributed by atoms with E-state index >= 15 is 0 Å². The van der Waals surface area contributed by atoms with Crippen LogP contribution in [0.15, 0.2) is 48.6 Å². The molecule has 9 heteroatoms. The normalized spacial score (nSPS) is 11.1. The first-order valence-corrected chi connectivity index (χ1v) is 10.5. The van der Waals surface area contributed by atoms with Gasteiger partial charge in [0.05, 0.1) is 22.3 Å². The van der Waals surface area contributed by atoms with Crippen molar-refractivity contribution in [2.45, 2.75) is 13.0 Å². The molecule has 0 aliphatic heterocycles.